The number of furan rings is 1. The summed E-state index contributed by atoms with van der Waals surface area (Å²) in [4.78, 5) is 0. The lowest BCUT2D eigenvalue weighted by Gasteiger charge is -2.06. The third kappa shape index (κ3) is 1.81. The van der Waals surface area contributed by atoms with Gasteiger partial charge in [-0.1, -0.05) is 23.8 Å². The molecule has 2 nitrogen and oxygen atoms in total. The summed E-state index contributed by atoms with van der Waals surface area (Å²) in [5.41, 5.74) is 10.4. The van der Waals surface area contributed by atoms with E-state index >= 15 is 0 Å². The van der Waals surface area contributed by atoms with E-state index in [9.17, 15) is 0 Å². The maximum atomic E-state index is 5.63. The van der Waals surface area contributed by atoms with Crippen LogP contribution in [0.5, 0.6) is 0 Å². The molecule has 0 spiro atoms. The van der Waals surface area contributed by atoms with Gasteiger partial charge in [-0.2, -0.15) is 0 Å². The van der Waals surface area contributed by atoms with E-state index in [-0.39, 0.29) is 0 Å². The number of rotatable bonds is 2. The molecule has 2 N–H and O–H groups in total. The lowest BCUT2D eigenvalue weighted by Crippen LogP contribution is -1.96. The number of hydrogen-bond donors (Lipinski definition) is 1. The van der Waals surface area contributed by atoms with Crippen LogP contribution in [0.1, 0.15) is 16.9 Å². The summed E-state index contributed by atoms with van der Waals surface area (Å²) in [7, 11) is 0. The van der Waals surface area contributed by atoms with Gasteiger partial charge in [0.25, 0.3) is 0 Å². The number of nitrogens with two attached hydrogens (primary N) is 1. The van der Waals surface area contributed by atoms with E-state index in [1.807, 2.05) is 6.07 Å². The Hall–Kier alpha value is -1.54. The van der Waals surface area contributed by atoms with Gasteiger partial charge in [0.1, 0.15) is 5.76 Å². The van der Waals surface area contributed by atoms with Gasteiger partial charge in [-0.3, -0.25) is 0 Å². The molecule has 78 valence electrons. The Morgan fingerprint density at radius 3 is 2.67 bits per heavy atom. The monoisotopic (exact) mass is 201 g/mol. The van der Waals surface area contributed by atoms with Crippen molar-refractivity contribution >= 4 is 0 Å². The van der Waals surface area contributed by atoms with Gasteiger partial charge in [0.05, 0.1) is 12.8 Å². The average Bonchev–Trinajstić information content (AvgIpc) is 2.69. The predicted molar refractivity (Wildman–Crippen MR) is 61.5 cm³/mol. The molecule has 0 atom stereocenters. The van der Waals surface area contributed by atoms with Crippen molar-refractivity contribution in [3.63, 3.8) is 0 Å². The van der Waals surface area contributed by atoms with Gasteiger partial charge in [0.2, 0.25) is 0 Å². The Morgan fingerprint density at radius 1 is 1.13 bits per heavy atom. The van der Waals surface area contributed by atoms with Gasteiger partial charge in [-0.15, -0.1) is 0 Å². The van der Waals surface area contributed by atoms with Crippen molar-refractivity contribution in [1.29, 1.82) is 0 Å². The van der Waals surface area contributed by atoms with Gasteiger partial charge in [-0.05, 0) is 31.0 Å². The fraction of sp³-hybridized carbons (Fsp3) is 0.231. The van der Waals surface area contributed by atoms with E-state index in [0.29, 0.717) is 6.54 Å². The second-order valence-corrected chi connectivity index (χ2v) is 3.78. The second kappa shape index (κ2) is 3.91. The van der Waals surface area contributed by atoms with Crippen molar-refractivity contribution < 1.29 is 4.42 Å². The van der Waals surface area contributed by atoms with Crippen LogP contribution < -0.4 is 5.73 Å². The van der Waals surface area contributed by atoms with Gasteiger partial charge >= 0.3 is 0 Å². The molecule has 15 heavy (non-hydrogen) atoms. The van der Waals surface area contributed by atoms with Crippen LogP contribution in [0.3, 0.4) is 0 Å². The van der Waals surface area contributed by atoms with Crippen molar-refractivity contribution in [3.8, 4) is 11.1 Å². The average molecular weight is 201 g/mol. The molecule has 0 bridgehead atoms. The van der Waals surface area contributed by atoms with Crippen LogP contribution in [0.15, 0.2) is 34.9 Å². The second-order valence-electron chi connectivity index (χ2n) is 3.78. The van der Waals surface area contributed by atoms with Crippen LogP contribution in [-0.4, -0.2) is 0 Å². The van der Waals surface area contributed by atoms with E-state index in [0.717, 1.165) is 11.3 Å². The highest BCUT2D eigenvalue weighted by atomic mass is 16.3. The topological polar surface area (TPSA) is 39.2 Å². The van der Waals surface area contributed by atoms with Crippen LogP contribution in [0.25, 0.3) is 11.1 Å². The van der Waals surface area contributed by atoms with E-state index in [1.54, 1.807) is 6.26 Å². The SMILES string of the molecule is Cc1ccc(C)c(-c2ccoc2CN)c1. The summed E-state index contributed by atoms with van der Waals surface area (Å²) in [5.74, 6) is 0.851. The highest BCUT2D eigenvalue weighted by molar-refractivity contribution is 5.69. The van der Waals surface area contributed by atoms with Gasteiger partial charge in [-0.25, -0.2) is 0 Å². The minimum Gasteiger partial charge on any atom is -0.467 e. The van der Waals surface area contributed by atoms with Crippen molar-refractivity contribution in [2.24, 2.45) is 5.73 Å². The molecule has 1 aromatic heterocycles. The normalized spacial score (nSPS) is 10.6. The predicted octanol–water partition coefficient (Wildman–Crippen LogP) is 3.02. The third-order valence-electron chi connectivity index (χ3n) is 2.61. The van der Waals surface area contributed by atoms with E-state index in [2.05, 4.69) is 32.0 Å². The Labute approximate surface area is 89.7 Å². The van der Waals surface area contributed by atoms with E-state index < -0.39 is 0 Å². The zero-order valence-electron chi connectivity index (χ0n) is 9.08. The Balaban J connectivity index is 2.58. The molecule has 0 fully saturated rings. The Kier molecular flexibility index (Phi) is 2.60. The quantitative estimate of drug-likeness (QED) is 0.811. The van der Waals surface area contributed by atoms with E-state index in [4.69, 9.17) is 10.2 Å². The fourth-order valence-electron chi connectivity index (χ4n) is 1.76. The molecular formula is C13H15NO. The summed E-state index contributed by atoms with van der Waals surface area (Å²) >= 11 is 0. The number of benzene rings is 1. The summed E-state index contributed by atoms with van der Waals surface area (Å²) in [6.07, 6.45) is 1.69. The molecule has 1 aromatic carbocycles. The first kappa shape index (κ1) is 9.99. The summed E-state index contributed by atoms with van der Waals surface area (Å²) in [6, 6.07) is 8.38. The zero-order valence-corrected chi connectivity index (χ0v) is 9.08. The van der Waals surface area contributed by atoms with Crippen LogP contribution in [0, 0.1) is 13.8 Å². The maximum Gasteiger partial charge on any atom is 0.125 e. The molecule has 0 amide bonds. The fourth-order valence-corrected chi connectivity index (χ4v) is 1.76. The molecule has 0 radical (unpaired) electrons. The standard InChI is InChI=1S/C13H15NO/c1-9-3-4-10(2)12(7-9)11-5-6-15-13(11)8-14/h3-7H,8,14H2,1-2H3. The van der Waals surface area contributed by atoms with Crippen LogP contribution in [0.4, 0.5) is 0 Å². The van der Waals surface area contributed by atoms with Gasteiger partial charge < -0.3 is 10.2 Å². The largest absolute Gasteiger partial charge is 0.467 e. The maximum absolute atomic E-state index is 5.63. The zero-order chi connectivity index (χ0) is 10.8. The molecule has 2 aromatic rings. The molecule has 1 heterocycles. The number of hydrogen-bond acceptors (Lipinski definition) is 2. The highest BCUT2D eigenvalue weighted by Gasteiger charge is 2.09. The summed E-state index contributed by atoms with van der Waals surface area (Å²) in [5, 5.41) is 0. The molecule has 2 heteroatoms. The molecule has 0 unspecified atom stereocenters. The van der Waals surface area contributed by atoms with Crippen molar-refractivity contribution in [2.75, 3.05) is 0 Å². The summed E-state index contributed by atoms with van der Waals surface area (Å²) in [6.45, 7) is 4.63. The Bertz CT molecular complexity index is 471. The molecule has 2 rings (SSSR count). The van der Waals surface area contributed by atoms with Gasteiger partial charge in [0, 0.05) is 5.56 Å². The van der Waals surface area contributed by atoms with Crippen LogP contribution >= 0.6 is 0 Å². The minimum atomic E-state index is 0.440. The molecular weight excluding hydrogens is 186 g/mol. The van der Waals surface area contributed by atoms with Crippen molar-refractivity contribution in [2.45, 2.75) is 20.4 Å². The molecule has 0 saturated carbocycles. The molecule has 0 aliphatic heterocycles. The minimum absolute atomic E-state index is 0.440. The Morgan fingerprint density at radius 2 is 1.93 bits per heavy atom. The molecule has 0 saturated heterocycles. The van der Waals surface area contributed by atoms with Crippen molar-refractivity contribution in [1.82, 2.24) is 0 Å². The molecule has 0 aliphatic rings. The third-order valence-corrected chi connectivity index (χ3v) is 2.61. The van der Waals surface area contributed by atoms with Crippen LogP contribution in [-0.2, 0) is 6.54 Å². The first-order valence-corrected chi connectivity index (χ1v) is 5.06. The van der Waals surface area contributed by atoms with E-state index in [1.165, 1.54) is 16.7 Å². The summed E-state index contributed by atoms with van der Waals surface area (Å²) < 4.78 is 5.34. The lowest BCUT2D eigenvalue weighted by molar-refractivity contribution is 0.513. The number of aryl methyl sites for hydroxylation is 2. The smallest absolute Gasteiger partial charge is 0.125 e. The van der Waals surface area contributed by atoms with Crippen molar-refractivity contribution in [3.05, 3.63) is 47.4 Å². The first-order chi connectivity index (χ1) is 7.22. The van der Waals surface area contributed by atoms with Crippen LogP contribution in [0.2, 0.25) is 0 Å². The first-order valence-electron chi connectivity index (χ1n) is 5.06. The highest BCUT2D eigenvalue weighted by Crippen LogP contribution is 2.28. The molecule has 0 aliphatic carbocycles. The lowest BCUT2D eigenvalue weighted by atomic mass is 9.99. The van der Waals surface area contributed by atoms with Gasteiger partial charge in [0.15, 0.2) is 0 Å².